The van der Waals surface area contributed by atoms with Crippen LogP contribution in [-0.4, -0.2) is 32.9 Å². The van der Waals surface area contributed by atoms with Crippen LogP contribution in [0.3, 0.4) is 0 Å². The van der Waals surface area contributed by atoms with Crippen molar-refractivity contribution in [2.24, 2.45) is 0 Å². The van der Waals surface area contributed by atoms with E-state index in [9.17, 15) is 0 Å². The van der Waals surface area contributed by atoms with Crippen molar-refractivity contribution in [3.8, 4) is 0 Å². The van der Waals surface area contributed by atoms with Gasteiger partial charge < -0.3 is 4.90 Å². The van der Waals surface area contributed by atoms with Crippen LogP contribution in [-0.2, 0) is 0 Å². The molecule has 0 spiro atoms. The van der Waals surface area contributed by atoms with Crippen molar-refractivity contribution in [3.05, 3.63) is 0 Å². The summed E-state index contributed by atoms with van der Waals surface area (Å²) in [6, 6.07) is 0. The Kier molecular flexibility index (Phi) is 4.21. The zero-order valence-electron chi connectivity index (χ0n) is 5.57. The number of hydrogen-bond donors (Lipinski definition) is 0. The largest absolute Gasteiger partial charge is 0.307 e. The highest BCUT2D eigenvalue weighted by Crippen LogP contribution is 1.80. The van der Waals surface area contributed by atoms with Crippen LogP contribution < -0.4 is 0 Å². The lowest BCUT2D eigenvalue weighted by Gasteiger charge is -2.10. The van der Waals surface area contributed by atoms with Gasteiger partial charge in [-0.1, -0.05) is 13.2 Å². The van der Waals surface area contributed by atoms with Gasteiger partial charge in [0.1, 0.15) is 7.85 Å². The lowest BCUT2D eigenvalue weighted by molar-refractivity contribution is 0.373. The average Bonchev–Trinajstić information content (AvgIpc) is 1.68. The number of nitrogens with zero attached hydrogens (tertiary/aromatic N) is 1. The van der Waals surface area contributed by atoms with Gasteiger partial charge in [-0.05, 0) is 20.1 Å². The molecule has 0 rings (SSSR count). The average molecular weight is 99.0 g/mol. The summed E-state index contributed by atoms with van der Waals surface area (Å²) >= 11 is 0. The SMILES string of the molecule is BCCN(C)CC. The molecular weight excluding hydrogens is 84.9 g/mol. The second-order valence-corrected chi connectivity index (χ2v) is 1.90. The molecule has 0 aromatic rings. The van der Waals surface area contributed by atoms with Gasteiger partial charge in [-0.2, -0.15) is 0 Å². The Morgan fingerprint density at radius 2 is 2.14 bits per heavy atom. The molecule has 2 heteroatoms. The van der Waals surface area contributed by atoms with Crippen LogP contribution >= 0.6 is 0 Å². The third kappa shape index (κ3) is 3.87. The van der Waals surface area contributed by atoms with Crippen LogP contribution in [0.2, 0.25) is 6.32 Å². The van der Waals surface area contributed by atoms with Gasteiger partial charge in [0.25, 0.3) is 0 Å². The molecule has 0 amide bonds. The summed E-state index contributed by atoms with van der Waals surface area (Å²) in [6.07, 6.45) is 1.27. The fourth-order valence-electron chi connectivity index (χ4n) is 0.540. The first kappa shape index (κ1) is 7.02. The van der Waals surface area contributed by atoms with E-state index in [0.29, 0.717) is 0 Å². The summed E-state index contributed by atoms with van der Waals surface area (Å²) in [7, 11) is 4.34. The molecule has 0 saturated heterocycles. The van der Waals surface area contributed by atoms with E-state index in [-0.39, 0.29) is 0 Å². The first-order valence-corrected chi connectivity index (χ1v) is 2.99. The van der Waals surface area contributed by atoms with Crippen LogP contribution in [0.5, 0.6) is 0 Å². The van der Waals surface area contributed by atoms with E-state index in [2.05, 4.69) is 26.7 Å². The highest BCUT2D eigenvalue weighted by atomic mass is 15.1. The molecule has 42 valence electrons. The van der Waals surface area contributed by atoms with Gasteiger partial charge in [0.2, 0.25) is 0 Å². The van der Waals surface area contributed by atoms with Crippen LogP contribution in [0.1, 0.15) is 6.92 Å². The molecule has 0 bridgehead atoms. The van der Waals surface area contributed by atoms with E-state index in [1.165, 1.54) is 19.4 Å². The Morgan fingerprint density at radius 1 is 1.57 bits per heavy atom. The molecule has 0 heterocycles. The van der Waals surface area contributed by atoms with E-state index in [0.717, 1.165) is 0 Å². The summed E-state index contributed by atoms with van der Waals surface area (Å²) in [4.78, 5) is 2.31. The second-order valence-electron chi connectivity index (χ2n) is 1.90. The minimum absolute atomic E-state index is 1.17. The normalized spacial score (nSPS) is 10.1. The molecular formula is C5H14BN. The maximum absolute atomic E-state index is 2.31. The second kappa shape index (κ2) is 4.19. The predicted molar refractivity (Wildman–Crippen MR) is 36.5 cm³/mol. The lowest BCUT2D eigenvalue weighted by atomic mass is 10.1. The van der Waals surface area contributed by atoms with Gasteiger partial charge in [0.15, 0.2) is 0 Å². The Balaban J connectivity index is 2.83. The van der Waals surface area contributed by atoms with Gasteiger partial charge in [0.05, 0.1) is 0 Å². The van der Waals surface area contributed by atoms with Crippen molar-refractivity contribution in [1.82, 2.24) is 4.90 Å². The van der Waals surface area contributed by atoms with E-state index in [4.69, 9.17) is 0 Å². The maximum Gasteiger partial charge on any atom is 0.103 e. The zero-order valence-corrected chi connectivity index (χ0v) is 5.57. The summed E-state index contributed by atoms with van der Waals surface area (Å²) in [5.74, 6) is 0. The molecule has 0 aromatic heterocycles. The van der Waals surface area contributed by atoms with Gasteiger partial charge in [0, 0.05) is 0 Å². The lowest BCUT2D eigenvalue weighted by Crippen LogP contribution is -2.17. The first-order chi connectivity index (χ1) is 3.31. The Labute approximate surface area is 47.1 Å². The summed E-state index contributed by atoms with van der Waals surface area (Å²) in [6.45, 7) is 4.58. The molecule has 0 fully saturated rings. The van der Waals surface area contributed by atoms with E-state index in [1.54, 1.807) is 0 Å². The molecule has 0 aromatic carbocycles. The summed E-state index contributed by atoms with van der Waals surface area (Å²) < 4.78 is 0. The summed E-state index contributed by atoms with van der Waals surface area (Å²) in [5, 5.41) is 0. The van der Waals surface area contributed by atoms with Crippen molar-refractivity contribution in [1.29, 1.82) is 0 Å². The smallest absolute Gasteiger partial charge is 0.103 e. The third-order valence-electron chi connectivity index (χ3n) is 1.15. The molecule has 0 unspecified atom stereocenters. The molecule has 7 heavy (non-hydrogen) atoms. The van der Waals surface area contributed by atoms with Gasteiger partial charge >= 0.3 is 0 Å². The number of rotatable bonds is 3. The molecule has 0 aliphatic rings. The van der Waals surface area contributed by atoms with E-state index >= 15 is 0 Å². The highest BCUT2D eigenvalue weighted by molar-refractivity contribution is 6.08. The van der Waals surface area contributed by atoms with Crippen LogP contribution in [0.25, 0.3) is 0 Å². The minimum atomic E-state index is 1.17. The maximum atomic E-state index is 2.31. The molecule has 0 N–H and O–H groups in total. The van der Waals surface area contributed by atoms with E-state index < -0.39 is 0 Å². The molecule has 0 atom stereocenters. The fraction of sp³-hybridized carbons (Fsp3) is 1.00. The topological polar surface area (TPSA) is 3.24 Å². The first-order valence-electron chi connectivity index (χ1n) is 2.99. The Morgan fingerprint density at radius 3 is 2.29 bits per heavy atom. The minimum Gasteiger partial charge on any atom is -0.307 e. The van der Waals surface area contributed by atoms with Gasteiger partial charge in [-0.25, -0.2) is 0 Å². The standard InChI is InChI=1S/C5H14BN/c1-3-7(2)5-4-6/h3-6H2,1-2H3. The van der Waals surface area contributed by atoms with Crippen molar-refractivity contribution >= 4 is 7.85 Å². The van der Waals surface area contributed by atoms with Crippen LogP contribution in [0, 0.1) is 0 Å². The fourth-order valence-corrected chi connectivity index (χ4v) is 0.540. The molecule has 1 nitrogen and oxygen atoms in total. The predicted octanol–water partition coefficient (Wildman–Crippen LogP) is -0.0105. The van der Waals surface area contributed by atoms with Crippen molar-refractivity contribution < 1.29 is 0 Å². The highest BCUT2D eigenvalue weighted by Gasteiger charge is 1.86. The Hall–Kier alpha value is 0.0249. The van der Waals surface area contributed by atoms with Crippen LogP contribution in [0.4, 0.5) is 0 Å². The number of hydrogen-bond acceptors (Lipinski definition) is 1. The van der Waals surface area contributed by atoms with Gasteiger partial charge in [-0.15, -0.1) is 0 Å². The van der Waals surface area contributed by atoms with E-state index in [1.807, 2.05) is 0 Å². The quantitative estimate of drug-likeness (QED) is 0.450. The monoisotopic (exact) mass is 99.1 g/mol. The van der Waals surface area contributed by atoms with Gasteiger partial charge in [-0.3, -0.25) is 0 Å². The molecule has 0 saturated carbocycles. The van der Waals surface area contributed by atoms with Crippen LogP contribution in [0.15, 0.2) is 0 Å². The van der Waals surface area contributed by atoms with Crippen molar-refractivity contribution in [3.63, 3.8) is 0 Å². The molecule has 0 aliphatic heterocycles. The molecule has 0 aliphatic carbocycles. The third-order valence-corrected chi connectivity index (χ3v) is 1.15. The Bertz CT molecular complexity index is 39.1. The van der Waals surface area contributed by atoms with Crippen molar-refractivity contribution in [2.75, 3.05) is 20.1 Å². The summed E-state index contributed by atoms with van der Waals surface area (Å²) in [5.41, 5.74) is 0. The molecule has 0 radical (unpaired) electrons. The zero-order chi connectivity index (χ0) is 5.70. The van der Waals surface area contributed by atoms with Crippen molar-refractivity contribution in [2.45, 2.75) is 13.2 Å².